The number of aliphatic hydroxyl groups excluding tert-OH is 1. The van der Waals surface area contributed by atoms with Crippen LogP contribution in [0, 0.1) is 0 Å². The van der Waals surface area contributed by atoms with E-state index >= 15 is 0 Å². The van der Waals surface area contributed by atoms with Crippen molar-refractivity contribution in [1.29, 1.82) is 0 Å². The van der Waals surface area contributed by atoms with Gasteiger partial charge in [0.15, 0.2) is 5.82 Å². The SMILES string of the molecule is COC(=O)c1ccc(Cl)c(Cc2noc(C(=O)NC(CO)Cc3ccccc3)n2)c1. The smallest absolute Gasteiger partial charge is 0.337 e. The van der Waals surface area contributed by atoms with Crippen molar-refractivity contribution in [3.8, 4) is 0 Å². The molecule has 0 radical (unpaired) electrons. The molecule has 0 aliphatic heterocycles. The zero-order chi connectivity index (χ0) is 21.5. The number of halogens is 1. The Morgan fingerprint density at radius 2 is 2.00 bits per heavy atom. The molecule has 9 heteroatoms. The second-order valence-corrected chi connectivity index (χ2v) is 6.94. The molecule has 0 saturated heterocycles. The molecule has 8 nitrogen and oxygen atoms in total. The van der Waals surface area contributed by atoms with E-state index in [9.17, 15) is 14.7 Å². The Balaban J connectivity index is 1.67. The number of carbonyl (C=O) groups excluding carboxylic acids is 2. The molecule has 1 amide bonds. The molecule has 1 unspecified atom stereocenters. The lowest BCUT2D eigenvalue weighted by Crippen LogP contribution is -2.39. The van der Waals surface area contributed by atoms with E-state index in [0.29, 0.717) is 22.6 Å². The molecule has 0 aliphatic carbocycles. The number of rotatable bonds is 8. The van der Waals surface area contributed by atoms with E-state index in [0.717, 1.165) is 5.56 Å². The molecule has 1 atom stereocenters. The number of nitrogens with zero attached hydrogens (tertiary/aromatic N) is 2. The summed E-state index contributed by atoms with van der Waals surface area (Å²) in [6.45, 7) is -0.239. The third-order valence-corrected chi connectivity index (χ3v) is 4.73. The van der Waals surface area contributed by atoms with E-state index < -0.39 is 17.9 Å². The van der Waals surface area contributed by atoms with Gasteiger partial charge in [-0.15, -0.1) is 0 Å². The van der Waals surface area contributed by atoms with Gasteiger partial charge >= 0.3 is 17.8 Å². The van der Waals surface area contributed by atoms with Crippen LogP contribution >= 0.6 is 11.6 Å². The molecule has 0 fully saturated rings. The number of nitrogens with one attached hydrogen (secondary N) is 1. The number of aromatic nitrogens is 2. The summed E-state index contributed by atoms with van der Waals surface area (Å²) in [5.41, 5.74) is 1.90. The van der Waals surface area contributed by atoms with Crippen LogP contribution in [0.3, 0.4) is 0 Å². The summed E-state index contributed by atoms with van der Waals surface area (Å²) in [6.07, 6.45) is 0.619. The molecule has 156 valence electrons. The summed E-state index contributed by atoms with van der Waals surface area (Å²) in [5, 5.41) is 16.5. The van der Waals surface area contributed by atoms with Crippen LogP contribution in [0.5, 0.6) is 0 Å². The van der Waals surface area contributed by atoms with Gasteiger partial charge in [-0.2, -0.15) is 4.98 Å². The van der Waals surface area contributed by atoms with E-state index in [1.54, 1.807) is 18.2 Å². The maximum atomic E-state index is 12.4. The molecule has 0 spiro atoms. The van der Waals surface area contributed by atoms with Crippen LogP contribution in [0.1, 0.15) is 38.0 Å². The zero-order valence-electron chi connectivity index (χ0n) is 16.2. The number of carbonyl (C=O) groups is 2. The molecule has 2 N–H and O–H groups in total. The van der Waals surface area contributed by atoms with Crippen LogP contribution < -0.4 is 5.32 Å². The van der Waals surface area contributed by atoms with Crippen LogP contribution in [-0.4, -0.2) is 46.9 Å². The van der Waals surface area contributed by atoms with E-state index in [1.165, 1.54) is 7.11 Å². The van der Waals surface area contributed by atoms with E-state index in [4.69, 9.17) is 20.9 Å². The predicted molar refractivity (Wildman–Crippen MR) is 108 cm³/mol. The lowest BCUT2D eigenvalue weighted by atomic mass is 10.1. The standard InChI is InChI=1S/C21H20ClN3O5/c1-29-21(28)14-7-8-17(22)15(10-14)11-18-24-20(30-25-18)19(27)23-16(12-26)9-13-5-3-2-4-6-13/h2-8,10,16,26H,9,11-12H2,1H3,(H,23,27). The average Bonchev–Trinajstić information content (AvgIpc) is 3.23. The Labute approximate surface area is 177 Å². The maximum absolute atomic E-state index is 12.4. The second kappa shape index (κ2) is 10.00. The third kappa shape index (κ3) is 5.43. The van der Waals surface area contributed by atoms with Crippen LogP contribution in [0.15, 0.2) is 53.1 Å². The number of hydrogen-bond acceptors (Lipinski definition) is 7. The number of amides is 1. The molecule has 0 bridgehead atoms. The van der Waals surface area contributed by atoms with Crippen molar-refractivity contribution >= 4 is 23.5 Å². The van der Waals surface area contributed by atoms with Crippen molar-refractivity contribution in [3.63, 3.8) is 0 Å². The minimum atomic E-state index is -0.585. The normalized spacial score (nSPS) is 11.7. The van der Waals surface area contributed by atoms with Crippen molar-refractivity contribution in [1.82, 2.24) is 15.5 Å². The fourth-order valence-corrected chi connectivity index (χ4v) is 3.03. The van der Waals surface area contributed by atoms with E-state index in [-0.39, 0.29) is 24.7 Å². The first-order valence-corrected chi connectivity index (χ1v) is 9.53. The third-order valence-electron chi connectivity index (χ3n) is 4.36. The fourth-order valence-electron chi connectivity index (χ4n) is 2.85. The van der Waals surface area contributed by atoms with Gasteiger partial charge < -0.3 is 19.7 Å². The number of esters is 1. The van der Waals surface area contributed by atoms with Crippen molar-refractivity contribution in [2.24, 2.45) is 0 Å². The van der Waals surface area contributed by atoms with Crippen molar-refractivity contribution in [2.45, 2.75) is 18.9 Å². The highest BCUT2D eigenvalue weighted by Gasteiger charge is 2.20. The van der Waals surface area contributed by atoms with Gasteiger partial charge in [0.05, 0.1) is 25.3 Å². The van der Waals surface area contributed by atoms with Crippen molar-refractivity contribution in [3.05, 3.63) is 82.0 Å². The molecule has 2 aromatic carbocycles. The highest BCUT2D eigenvalue weighted by Crippen LogP contribution is 2.20. The molecule has 1 heterocycles. The first kappa shape index (κ1) is 21.5. The molecule has 1 aromatic heterocycles. The van der Waals surface area contributed by atoms with Gasteiger partial charge in [-0.05, 0) is 35.7 Å². The minimum absolute atomic E-state index is 0.161. The van der Waals surface area contributed by atoms with Gasteiger partial charge in [0.25, 0.3) is 0 Å². The number of ether oxygens (including phenoxy) is 1. The first-order valence-electron chi connectivity index (χ1n) is 9.15. The molecule has 3 rings (SSSR count). The number of hydrogen-bond donors (Lipinski definition) is 2. The van der Waals surface area contributed by atoms with Gasteiger partial charge in [0, 0.05) is 11.4 Å². The number of aliphatic hydroxyl groups is 1. The van der Waals surface area contributed by atoms with E-state index in [1.807, 2.05) is 30.3 Å². The Kier molecular flexibility index (Phi) is 7.16. The zero-order valence-corrected chi connectivity index (χ0v) is 16.9. The van der Waals surface area contributed by atoms with Crippen LogP contribution in [0.4, 0.5) is 0 Å². The van der Waals surface area contributed by atoms with Gasteiger partial charge in [-0.25, -0.2) is 4.79 Å². The summed E-state index contributed by atoms with van der Waals surface area (Å²) in [5.74, 6) is -1.07. The molecular weight excluding hydrogens is 410 g/mol. The largest absolute Gasteiger partial charge is 0.465 e. The lowest BCUT2D eigenvalue weighted by Gasteiger charge is -2.14. The Morgan fingerprint density at radius 1 is 1.23 bits per heavy atom. The Morgan fingerprint density at radius 3 is 2.70 bits per heavy atom. The number of methoxy groups -OCH3 is 1. The van der Waals surface area contributed by atoms with Gasteiger partial charge in [-0.3, -0.25) is 4.79 Å². The van der Waals surface area contributed by atoms with Crippen molar-refractivity contribution < 1.29 is 24.0 Å². The average molecular weight is 430 g/mol. The van der Waals surface area contributed by atoms with Crippen LogP contribution in [-0.2, 0) is 17.6 Å². The highest BCUT2D eigenvalue weighted by molar-refractivity contribution is 6.31. The van der Waals surface area contributed by atoms with Gasteiger partial charge in [0.2, 0.25) is 0 Å². The van der Waals surface area contributed by atoms with Crippen molar-refractivity contribution in [2.75, 3.05) is 13.7 Å². The molecule has 30 heavy (non-hydrogen) atoms. The summed E-state index contributed by atoms with van der Waals surface area (Å²) >= 11 is 6.18. The van der Waals surface area contributed by atoms with E-state index in [2.05, 4.69) is 15.5 Å². The molecular formula is C21H20ClN3O5. The second-order valence-electron chi connectivity index (χ2n) is 6.53. The monoisotopic (exact) mass is 429 g/mol. The van der Waals surface area contributed by atoms with Gasteiger partial charge in [0.1, 0.15) is 0 Å². The first-order chi connectivity index (χ1) is 14.5. The molecule has 0 saturated carbocycles. The van der Waals surface area contributed by atoms with Crippen LogP contribution in [0.25, 0.3) is 0 Å². The summed E-state index contributed by atoms with van der Waals surface area (Å²) in [4.78, 5) is 28.2. The van der Waals surface area contributed by atoms with Crippen LogP contribution in [0.2, 0.25) is 5.02 Å². The summed E-state index contributed by atoms with van der Waals surface area (Å²) in [7, 11) is 1.29. The highest BCUT2D eigenvalue weighted by atomic mass is 35.5. The topological polar surface area (TPSA) is 115 Å². The number of benzene rings is 2. The minimum Gasteiger partial charge on any atom is -0.465 e. The lowest BCUT2D eigenvalue weighted by molar-refractivity contribution is 0.0600. The quantitative estimate of drug-likeness (QED) is 0.528. The Hall–Kier alpha value is -3.23. The fraction of sp³-hybridized carbons (Fsp3) is 0.238. The predicted octanol–water partition coefficient (Wildman–Crippen LogP) is 2.43. The van der Waals surface area contributed by atoms with Gasteiger partial charge in [-0.1, -0.05) is 47.1 Å². The Bertz CT molecular complexity index is 1020. The molecule has 0 aliphatic rings. The summed E-state index contributed by atoms with van der Waals surface area (Å²) in [6, 6.07) is 13.7. The molecule has 3 aromatic rings. The maximum Gasteiger partial charge on any atom is 0.337 e. The summed E-state index contributed by atoms with van der Waals surface area (Å²) < 4.78 is 9.75.